The molecule has 0 radical (unpaired) electrons. The first kappa shape index (κ1) is 37.5. The summed E-state index contributed by atoms with van der Waals surface area (Å²) < 4.78 is 2.60. The summed E-state index contributed by atoms with van der Waals surface area (Å²) in [4.78, 5) is 2.54. The Bertz CT molecular complexity index is 2940. The van der Waals surface area contributed by atoms with Gasteiger partial charge in [0, 0.05) is 49.9 Å². The Balaban J connectivity index is 1.32. The quantitative estimate of drug-likeness (QED) is 0.158. The fraction of sp³-hybridized carbons (Fsp3) is 0.250. The normalized spacial score (nSPS) is 13.9. The number of rotatable bonds is 5. The molecule has 59 heavy (non-hydrogen) atoms. The minimum atomic E-state index is -0.229. The fourth-order valence-electron chi connectivity index (χ4n) is 10.1. The number of benzene rings is 7. The van der Waals surface area contributed by atoms with E-state index in [4.69, 9.17) is 0 Å². The van der Waals surface area contributed by atoms with Crippen molar-refractivity contribution in [2.24, 2.45) is 0 Å². The summed E-state index contributed by atoms with van der Waals surface area (Å²) in [5.41, 5.74) is 19.4. The average molecular weight is 767 g/mol. The van der Waals surface area contributed by atoms with Crippen molar-refractivity contribution in [3.63, 3.8) is 0 Å². The van der Waals surface area contributed by atoms with Gasteiger partial charge in [0.05, 0.1) is 5.52 Å². The Labute approximate surface area is 351 Å². The van der Waals surface area contributed by atoms with Crippen molar-refractivity contribution in [3.8, 4) is 5.69 Å². The van der Waals surface area contributed by atoms with Crippen LogP contribution in [0.4, 0.5) is 17.1 Å². The van der Waals surface area contributed by atoms with E-state index >= 15 is 0 Å². The molecule has 0 bridgehead atoms. The third kappa shape index (κ3) is 5.68. The molecule has 0 N–H and O–H groups in total. The molecule has 8 aromatic rings. The second-order valence-electron chi connectivity index (χ2n) is 20.3. The lowest BCUT2D eigenvalue weighted by Gasteiger charge is -2.41. The zero-order chi connectivity index (χ0) is 41.2. The number of anilines is 3. The topological polar surface area (TPSA) is 8.17 Å². The molecule has 292 valence electrons. The monoisotopic (exact) mass is 766 g/mol. The van der Waals surface area contributed by atoms with E-state index in [1.807, 2.05) is 0 Å². The van der Waals surface area contributed by atoms with E-state index in [1.54, 1.807) is 0 Å². The first-order chi connectivity index (χ1) is 28.0. The van der Waals surface area contributed by atoms with E-state index in [1.165, 1.54) is 94.3 Å². The Morgan fingerprint density at radius 3 is 1.56 bits per heavy atom. The molecule has 2 aliphatic heterocycles. The van der Waals surface area contributed by atoms with Crippen molar-refractivity contribution in [1.82, 2.24) is 4.57 Å². The predicted molar refractivity (Wildman–Crippen MR) is 255 cm³/mol. The van der Waals surface area contributed by atoms with Crippen LogP contribution in [0.5, 0.6) is 0 Å². The van der Waals surface area contributed by atoms with Crippen LogP contribution < -0.4 is 21.3 Å². The van der Waals surface area contributed by atoms with Gasteiger partial charge in [-0.15, -0.1) is 0 Å². The maximum absolute atomic E-state index is 2.60. The first-order valence-corrected chi connectivity index (χ1v) is 21.5. The molecule has 0 spiro atoms. The lowest BCUT2D eigenvalue weighted by molar-refractivity contribution is 0.590. The van der Waals surface area contributed by atoms with Gasteiger partial charge in [-0.05, 0) is 109 Å². The molecule has 3 heterocycles. The molecule has 0 saturated carbocycles. The van der Waals surface area contributed by atoms with E-state index in [9.17, 15) is 0 Å². The van der Waals surface area contributed by atoms with Crippen molar-refractivity contribution < 1.29 is 0 Å². The van der Waals surface area contributed by atoms with Crippen LogP contribution in [0.25, 0.3) is 27.5 Å². The fourth-order valence-corrected chi connectivity index (χ4v) is 10.1. The second kappa shape index (κ2) is 12.9. The second-order valence-corrected chi connectivity index (χ2v) is 20.3. The highest BCUT2D eigenvalue weighted by Crippen LogP contribution is 2.45. The lowest BCUT2D eigenvalue weighted by atomic mass is 9.33. The Kier molecular flexibility index (Phi) is 8.16. The van der Waals surface area contributed by atoms with Crippen molar-refractivity contribution in [2.75, 3.05) is 4.90 Å². The molecule has 0 saturated heterocycles. The first-order valence-electron chi connectivity index (χ1n) is 21.5. The molecule has 0 aliphatic carbocycles. The van der Waals surface area contributed by atoms with E-state index < -0.39 is 0 Å². The highest BCUT2D eigenvalue weighted by atomic mass is 15.2. The molecule has 0 fully saturated rings. The van der Waals surface area contributed by atoms with Gasteiger partial charge in [0.2, 0.25) is 0 Å². The summed E-state index contributed by atoms with van der Waals surface area (Å²) in [6.45, 7) is 23.5. The summed E-state index contributed by atoms with van der Waals surface area (Å²) in [5, 5.41) is 2.63. The van der Waals surface area contributed by atoms with Crippen LogP contribution in [0.2, 0.25) is 0 Å². The Morgan fingerprint density at radius 2 is 0.932 bits per heavy atom. The van der Waals surface area contributed by atoms with Crippen LogP contribution in [-0.2, 0) is 21.7 Å². The van der Waals surface area contributed by atoms with Crippen molar-refractivity contribution in [3.05, 3.63) is 185 Å². The van der Waals surface area contributed by atoms with E-state index in [0.29, 0.717) is 0 Å². The lowest BCUT2D eigenvalue weighted by Crippen LogP contribution is -2.60. The largest absolute Gasteiger partial charge is 0.311 e. The number of fused-ring (bicyclic) bond motifs is 7. The molecule has 2 nitrogen and oxygen atoms in total. The molecule has 0 unspecified atom stereocenters. The maximum Gasteiger partial charge on any atom is 0.252 e. The molecule has 7 aromatic carbocycles. The number of aromatic nitrogens is 1. The zero-order valence-electron chi connectivity index (χ0n) is 36.4. The third-order valence-electron chi connectivity index (χ3n) is 13.9. The van der Waals surface area contributed by atoms with Gasteiger partial charge >= 0.3 is 0 Å². The van der Waals surface area contributed by atoms with Gasteiger partial charge in [-0.2, -0.15) is 0 Å². The highest BCUT2D eigenvalue weighted by Gasteiger charge is 2.43. The van der Waals surface area contributed by atoms with Gasteiger partial charge in [0.25, 0.3) is 6.71 Å². The standard InChI is InChI=1S/C56H55BN2/c1-53(2,3)36-24-28-42(29-25-36)58-48-31-26-39(54(4,5)6)34-45(48)57-46-35-41(56(9,10)38-20-15-12-16-21-38)33-44-43-32-40(55(7,8)37-18-13-11-14-19-37)27-30-47(43)59(52(44)46)50-23-17-22-49(58)51(50)57/h11-35H,1-10H3. The average Bonchev–Trinajstić information content (AvgIpc) is 3.56. The highest BCUT2D eigenvalue weighted by molar-refractivity contribution is 7.00. The Morgan fingerprint density at radius 1 is 0.390 bits per heavy atom. The molecule has 2 aliphatic rings. The van der Waals surface area contributed by atoms with Crippen LogP contribution in [0.15, 0.2) is 152 Å². The summed E-state index contributed by atoms with van der Waals surface area (Å²) in [7, 11) is 0. The van der Waals surface area contributed by atoms with E-state index in [-0.39, 0.29) is 28.4 Å². The van der Waals surface area contributed by atoms with E-state index in [2.05, 4.69) is 230 Å². The molecule has 3 heteroatoms. The molecule has 10 rings (SSSR count). The predicted octanol–water partition coefficient (Wildman–Crippen LogP) is 12.6. The van der Waals surface area contributed by atoms with Crippen molar-refractivity contribution in [1.29, 1.82) is 0 Å². The molecular formula is C56H55BN2. The molecule has 1 aromatic heterocycles. The summed E-state index contributed by atoms with van der Waals surface area (Å²) in [6.07, 6.45) is 0. The number of nitrogens with zero attached hydrogens (tertiary/aromatic N) is 2. The van der Waals surface area contributed by atoms with Crippen molar-refractivity contribution >= 4 is 62.0 Å². The van der Waals surface area contributed by atoms with Crippen LogP contribution in [0.3, 0.4) is 0 Å². The Hall–Kier alpha value is -5.80. The number of hydrogen-bond acceptors (Lipinski definition) is 1. The third-order valence-corrected chi connectivity index (χ3v) is 13.9. The summed E-state index contributed by atoms with van der Waals surface area (Å²) >= 11 is 0. The maximum atomic E-state index is 2.60. The van der Waals surface area contributed by atoms with Crippen LogP contribution in [0, 0.1) is 0 Å². The minimum absolute atomic E-state index is 0.00793. The molecule has 0 amide bonds. The van der Waals surface area contributed by atoms with Gasteiger partial charge in [-0.3, -0.25) is 0 Å². The van der Waals surface area contributed by atoms with Gasteiger partial charge in [0.15, 0.2) is 0 Å². The zero-order valence-corrected chi connectivity index (χ0v) is 36.4. The van der Waals surface area contributed by atoms with Crippen LogP contribution in [0.1, 0.15) is 103 Å². The van der Waals surface area contributed by atoms with Crippen LogP contribution >= 0.6 is 0 Å². The summed E-state index contributed by atoms with van der Waals surface area (Å²) in [6, 6.07) is 58.1. The molecular weight excluding hydrogens is 711 g/mol. The SMILES string of the molecule is CC(C)(C)c1ccc(N2c3ccc(C(C)(C)C)cc3B3c4c2cccc4-n2c4ccc(C(C)(C)c5ccccc5)cc4c4cc(C(C)(C)c5ccccc5)cc3c42)cc1. The minimum Gasteiger partial charge on any atom is -0.311 e. The number of hydrogen-bond donors (Lipinski definition) is 0. The van der Waals surface area contributed by atoms with Crippen molar-refractivity contribution in [2.45, 2.75) is 90.9 Å². The van der Waals surface area contributed by atoms with Gasteiger partial charge in [0.1, 0.15) is 0 Å². The van der Waals surface area contributed by atoms with Gasteiger partial charge < -0.3 is 9.47 Å². The molecule has 0 atom stereocenters. The summed E-state index contributed by atoms with van der Waals surface area (Å²) in [5.74, 6) is 0. The van der Waals surface area contributed by atoms with Crippen LogP contribution in [-0.4, -0.2) is 11.3 Å². The smallest absolute Gasteiger partial charge is 0.252 e. The van der Waals surface area contributed by atoms with Gasteiger partial charge in [-0.1, -0.05) is 172 Å². The van der Waals surface area contributed by atoms with Gasteiger partial charge in [-0.25, -0.2) is 0 Å². The van der Waals surface area contributed by atoms with E-state index in [0.717, 1.165) is 0 Å².